The van der Waals surface area contributed by atoms with Gasteiger partial charge < -0.3 is 4.74 Å². The highest BCUT2D eigenvalue weighted by atomic mass is 79.9. The van der Waals surface area contributed by atoms with E-state index in [1.54, 1.807) is 0 Å². The fourth-order valence-corrected chi connectivity index (χ4v) is 0.677. The molecule has 0 rings (SSSR count). The third-order valence-corrected chi connectivity index (χ3v) is 1.39. The number of esters is 1. The van der Waals surface area contributed by atoms with Gasteiger partial charge in [0, 0.05) is 6.42 Å². The highest BCUT2D eigenvalue weighted by Gasteiger charge is 1.98. The number of rotatable bonds is 4. The van der Waals surface area contributed by atoms with Crippen molar-refractivity contribution in [3.05, 3.63) is 9.65 Å². The van der Waals surface area contributed by atoms with Gasteiger partial charge >= 0.3 is 5.97 Å². The van der Waals surface area contributed by atoms with Gasteiger partial charge in [0.15, 0.2) is 0 Å². The molecule has 0 aliphatic heterocycles. The van der Waals surface area contributed by atoms with E-state index in [9.17, 15) is 4.79 Å². The Balaban J connectivity index is 3.45. The molecule has 0 unspecified atom stereocenters. The van der Waals surface area contributed by atoms with E-state index in [4.69, 9.17) is 4.74 Å². The standard InChI is InChI=1S/C7H10Br2O2/c1-2-3-4-7(10)11-5-6(8)9/h5H,2-4H2,1H3. The van der Waals surface area contributed by atoms with E-state index in [0.29, 0.717) is 9.81 Å². The summed E-state index contributed by atoms with van der Waals surface area (Å²) in [6, 6.07) is 0. The van der Waals surface area contributed by atoms with Gasteiger partial charge in [0.2, 0.25) is 0 Å². The molecule has 11 heavy (non-hydrogen) atoms. The van der Waals surface area contributed by atoms with Gasteiger partial charge in [0.25, 0.3) is 0 Å². The summed E-state index contributed by atoms with van der Waals surface area (Å²) in [5.74, 6) is -0.191. The summed E-state index contributed by atoms with van der Waals surface area (Å²) in [7, 11) is 0. The van der Waals surface area contributed by atoms with Crippen LogP contribution in [-0.4, -0.2) is 5.97 Å². The minimum Gasteiger partial charge on any atom is -0.433 e. The van der Waals surface area contributed by atoms with Crippen molar-refractivity contribution < 1.29 is 9.53 Å². The van der Waals surface area contributed by atoms with E-state index in [0.717, 1.165) is 12.8 Å². The molecule has 0 amide bonds. The Morgan fingerprint density at radius 3 is 2.64 bits per heavy atom. The number of halogens is 2. The fourth-order valence-electron chi connectivity index (χ4n) is 0.490. The average molecular weight is 286 g/mol. The highest BCUT2D eigenvalue weighted by molar-refractivity contribution is 9.28. The van der Waals surface area contributed by atoms with Crippen molar-refractivity contribution in [2.24, 2.45) is 0 Å². The van der Waals surface area contributed by atoms with Crippen LogP contribution in [0, 0.1) is 0 Å². The lowest BCUT2D eigenvalue weighted by Gasteiger charge is -1.96. The second-order valence-corrected chi connectivity index (χ2v) is 4.77. The van der Waals surface area contributed by atoms with Crippen LogP contribution in [0.25, 0.3) is 0 Å². The van der Waals surface area contributed by atoms with Crippen LogP contribution < -0.4 is 0 Å². The number of hydrogen-bond donors (Lipinski definition) is 0. The quantitative estimate of drug-likeness (QED) is 0.585. The molecule has 0 aliphatic carbocycles. The monoisotopic (exact) mass is 284 g/mol. The SMILES string of the molecule is CCCCC(=O)OC=C(Br)Br. The van der Waals surface area contributed by atoms with Crippen LogP contribution >= 0.6 is 31.9 Å². The predicted molar refractivity (Wildman–Crippen MR) is 51.6 cm³/mol. The van der Waals surface area contributed by atoms with Gasteiger partial charge in [-0.1, -0.05) is 13.3 Å². The molecule has 0 radical (unpaired) electrons. The summed E-state index contributed by atoms with van der Waals surface area (Å²) >= 11 is 6.14. The maximum atomic E-state index is 10.8. The average Bonchev–Trinajstić information content (AvgIpc) is 1.97. The fraction of sp³-hybridized carbons (Fsp3) is 0.571. The van der Waals surface area contributed by atoms with Crippen molar-refractivity contribution in [3.63, 3.8) is 0 Å². The molecule has 0 fully saturated rings. The molecule has 0 heterocycles. The van der Waals surface area contributed by atoms with E-state index in [2.05, 4.69) is 31.9 Å². The van der Waals surface area contributed by atoms with Gasteiger partial charge in [0.05, 0.1) is 3.39 Å². The maximum Gasteiger partial charge on any atom is 0.310 e. The number of unbranched alkanes of at least 4 members (excludes halogenated alkanes) is 1. The van der Waals surface area contributed by atoms with Crippen LogP contribution in [0.15, 0.2) is 9.65 Å². The van der Waals surface area contributed by atoms with E-state index >= 15 is 0 Å². The van der Waals surface area contributed by atoms with E-state index in [1.807, 2.05) is 6.92 Å². The van der Waals surface area contributed by atoms with Crippen LogP contribution in [0.5, 0.6) is 0 Å². The molecular formula is C7H10Br2O2. The molecule has 4 heteroatoms. The zero-order valence-corrected chi connectivity index (χ0v) is 9.44. The summed E-state index contributed by atoms with van der Waals surface area (Å²) in [5, 5.41) is 0. The molecule has 0 bridgehead atoms. The Kier molecular flexibility index (Phi) is 6.96. The Morgan fingerprint density at radius 1 is 1.55 bits per heavy atom. The molecule has 0 aliphatic rings. The number of carbonyl (C=O) groups is 1. The van der Waals surface area contributed by atoms with Gasteiger partial charge in [0.1, 0.15) is 6.26 Å². The first kappa shape index (κ1) is 11.2. The molecular weight excluding hydrogens is 276 g/mol. The Morgan fingerprint density at radius 2 is 2.18 bits per heavy atom. The minimum atomic E-state index is -0.191. The number of carbonyl (C=O) groups excluding carboxylic acids is 1. The highest BCUT2D eigenvalue weighted by Crippen LogP contribution is 2.12. The first-order valence-corrected chi connectivity index (χ1v) is 4.96. The normalized spacial score (nSPS) is 9.00. The largest absolute Gasteiger partial charge is 0.433 e. The minimum absolute atomic E-state index is 0.191. The molecule has 0 N–H and O–H groups in total. The molecule has 2 nitrogen and oxygen atoms in total. The summed E-state index contributed by atoms with van der Waals surface area (Å²) in [5.41, 5.74) is 0. The van der Waals surface area contributed by atoms with E-state index in [1.165, 1.54) is 6.26 Å². The Labute approximate surface area is 83.2 Å². The summed E-state index contributed by atoms with van der Waals surface area (Å²) in [4.78, 5) is 10.8. The van der Waals surface area contributed by atoms with Crippen LogP contribution in [0.1, 0.15) is 26.2 Å². The molecule has 0 aromatic carbocycles. The van der Waals surface area contributed by atoms with Crippen LogP contribution in [0.4, 0.5) is 0 Å². The summed E-state index contributed by atoms with van der Waals surface area (Å²) < 4.78 is 5.34. The molecule has 0 saturated heterocycles. The first-order valence-electron chi connectivity index (χ1n) is 3.37. The maximum absolute atomic E-state index is 10.8. The molecule has 0 aromatic rings. The topological polar surface area (TPSA) is 26.3 Å². The Hall–Kier alpha value is 0.170. The number of hydrogen-bond acceptors (Lipinski definition) is 2. The van der Waals surface area contributed by atoms with Gasteiger partial charge in [-0.15, -0.1) is 0 Å². The molecule has 64 valence electrons. The lowest BCUT2D eigenvalue weighted by atomic mass is 10.3. The van der Waals surface area contributed by atoms with Crippen molar-refractivity contribution in [1.29, 1.82) is 0 Å². The van der Waals surface area contributed by atoms with Crippen LogP contribution in [0.2, 0.25) is 0 Å². The summed E-state index contributed by atoms with van der Waals surface area (Å²) in [6.45, 7) is 2.03. The van der Waals surface area contributed by atoms with Gasteiger partial charge in [-0.3, -0.25) is 4.79 Å². The van der Waals surface area contributed by atoms with E-state index in [-0.39, 0.29) is 5.97 Å². The zero-order valence-electron chi connectivity index (χ0n) is 6.27. The second-order valence-electron chi connectivity index (χ2n) is 2.00. The number of ether oxygens (including phenoxy) is 1. The first-order chi connectivity index (χ1) is 5.16. The van der Waals surface area contributed by atoms with E-state index < -0.39 is 0 Å². The second kappa shape index (κ2) is 6.85. The lowest BCUT2D eigenvalue weighted by molar-refractivity contribution is -0.138. The third-order valence-electron chi connectivity index (χ3n) is 1.01. The molecule has 0 atom stereocenters. The van der Waals surface area contributed by atoms with Crippen molar-refractivity contribution >= 4 is 37.8 Å². The Bertz CT molecular complexity index is 151. The summed E-state index contributed by atoms with van der Waals surface area (Å²) in [6.07, 6.45) is 3.71. The lowest BCUT2D eigenvalue weighted by Crippen LogP contribution is -1.98. The van der Waals surface area contributed by atoms with Crippen molar-refractivity contribution in [1.82, 2.24) is 0 Å². The van der Waals surface area contributed by atoms with Crippen molar-refractivity contribution in [3.8, 4) is 0 Å². The third kappa shape index (κ3) is 8.07. The van der Waals surface area contributed by atoms with Crippen molar-refractivity contribution in [2.75, 3.05) is 0 Å². The zero-order chi connectivity index (χ0) is 8.69. The molecule has 0 saturated carbocycles. The predicted octanol–water partition coefficient (Wildman–Crippen LogP) is 3.31. The van der Waals surface area contributed by atoms with Crippen LogP contribution in [-0.2, 0) is 9.53 Å². The van der Waals surface area contributed by atoms with Crippen molar-refractivity contribution in [2.45, 2.75) is 26.2 Å². The molecule has 0 aromatic heterocycles. The smallest absolute Gasteiger partial charge is 0.310 e. The van der Waals surface area contributed by atoms with Crippen LogP contribution in [0.3, 0.4) is 0 Å². The molecule has 0 spiro atoms. The van der Waals surface area contributed by atoms with Gasteiger partial charge in [-0.05, 0) is 38.3 Å². The van der Waals surface area contributed by atoms with Gasteiger partial charge in [-0.2, -0.15) is 0 Å². The van der Waals surface area contributed by atoms with Gasteiger partial charge in [-0.25, -0.2) is 0 Å².